The number of nitrogens with zero attached hydrogens (tertiary/aromatic N) is 5. The zero-order valence-corrected chi connectivity index (χ0v) is 16.6. The van der Waals surface area contributed by atoms with Crippen molar-refractivity contribution in [3.05, 3.63) is 89.3 Å². The first-order valence-electron chi connectivity index (χ1n) is 8.66. The number of hydrogen-bond donors (Lipinski definition) is 0. The van der Waals surface area contributed by atoms with E-state index in [-0.39, 0.29) is 6.61 Å². The summed E-state index contributed by atoms with van der Waals surface area (Å²) in [5.41, 5.74) is 1.25. The van der Waals surface area contributed by atoms with Gasteiger partial charge in [0, 0.05) is 5.69 Å². The summed E-state index contributed by atoms with van der Waals surface area (Å²) in [5.74, 6) is 1.20. The van der Waals surface area contributed by atoms with Crippen LogP contribution >= 0.6 is 23.4 Å². The molecule has 4 aromatic rings. The van der Waals surface area contributed by atoms with Gasteiger partial charge in [0.2, 0.25) is 5.16 Å². The van der Waals surface area contributed by atoms with E-state index in [0.29, 0.717) is 32.5 Å². The number of halogens is 1. The van der Waals surface area contributed by atoms with Gasteiger partial charge in [0.25, 0.3) is 0 Å². The van der Waals surface area contributed by atoms with Gasteiger partial charge in [-0.2, -0.15) is 5.26 Å². The fourth-order valence-electron chi connectivity index (χ4n) is 2.63. The molecule has 0 N–H and O–H groups in total. The quantitative estimate of drug-likeness (QED) is 0.441. The summed E-state index contributed by atoms with van der Waals surface area (Å²) in [6.07, 6.45) is 0. The highest BCUT2D eigenvalue weighted by atomic mass is 35.5. The van der Waals surface area contributed by atoms with Crippen LogP contribution in [-0.2, 0) is 6.61 Å². The zero-order chi connectivity index (χ0) is 20.1. The Bertz CT molecular complexity index is 1170. The maximum absolute atomic E-state index is 9.08. The molecule has 2 heterocycles. The standard InChI is InChI=1S/C21H14ClN5OS/c22-17-10-4-5-11-18(17)28-14-19-25-26-21(27(19)16-8-2-1-3-9-16)29-20-12-6-7-15(13-23)24-20/h1-12H,14H2. The molecule has 0 atom stereocenters. The predicted molar refractivity (Wildman–Crippen MR) is 110 cm³/mol. The van der Waals surface area contributed by atoms with Crippen LogP contribution in [0.2, 0.25) is 5.02 Å². The Balaban J connectivity index is 1.67. The van der Waals surface area contributed by atoms with Gasteiger partial charge in [0.05, 0.1) is 5.02 Å². The Kier molecular flexibility index (Phi) is 5.75. The number of benzene rings is 2. The molecule has 0 saturated heterocycles. The Labute approximate surface area is 176 Å². The number of aromatic nitrogens is 4. The van der Waals surface area contributed by atoms with Crippen LogP contribution in [0.5, 0.6) is 5.75 Å². The molecule has 0 unspecified atom stereocenters. The average molecular weight is 420 g/mol. The second kappa shape index (κ2) is 8.78. The van der Waals surface area contributed by atoms with Crippen molar-refractivity contribution < 1.29 is 4.74 Å². The molecular formula is C21H14ClN5OS. The molecule has 0 saturated carbocycles. The summed E-state index contributed by atoms with van der Waals surface area (Å²) in [6.45, 7) is 0.192. The van der Waals surface area contributed by atoms with Gasteiger partial charge >= 0.3 is 0 Å². The molecule has 0 amide bonds. The summed E-state index contributed by atoms with van der Waals surface area (Å²) in [7, 11) is 0. The van der Waals surface area contributed by atoms with E-state index in [2.05, 4.69) is 15.2 Å². The number of para-hydroxylation sites is 2. The molecular weight excluding hydrogens is 406 g/mol. The molecule has 142 valence electrons. The lowest BCUT2D eigenvalue weighted by Gasteiger charge is -2.11. The average Bonchev–Trinajstić information content (AvgIpc) is 3.16. The molecule has 0 aliphatic carbocycles. The molecule has 6 nitrogen and oxygen atoms in total. The van der Waals surface area contributed by atoms with Crippen molar-refractivity contribution in [2.24, 2.45) is 0 Å². The molecule has 2 aromatic carbocycles. The minimum atomic E-state index is 0.192. The van der Waals surface area contributed by atoms with E-state index in [9.17, 15) is 0 Å². The van der Waals surface area contributed by atoms with Crippen molar-refractivity contribution in [2.45, 2.75) is 16.8 Å². The smallest absolute Gasteiger partial charge is 0.202 e. The molecule has 8 heteroatoms. The first kappa shape index (κ1) is 19.0. The van der Waals surface area contributed by atoms with Crippen LogP contribution in [-0.4, -0.2) is 19.7 Å². The third-order valence-corrected chi connectivity index (χ3v) is 5.14. The van der Waals surface area contributed by atoms with Gasteiger partial charge in [-0.1, -0.05) is 48.0 Å². The predicted octanol–water partition coefficient (Wildman–Crippen LogP) is 4.92. The van der Waals surface area contributed by atoms with E-state index in [0.717, 1.165) is 5.69 Å². The van der Waals surface area contributed by atoms with Crippen molar-refractivity contribution in [3.8, 4) is 17.5 Å². The van der Waals surface area contributed by atoms with E-state index in [1.165, 1.54) is 11.8 Å². The second-order valence-electron chi connectivity index (χ2n) is 5.86. The molecule has 4 rings (SSSR count). The lowest BCUT2D eigenvalue weighted by Crippen LogP contribution is -2.06. The summed E-state index contributed by atoms with van der Waals surface area (Å²) in [6, 6.07) is 24.4. The third-order valence-electron chi connectivity index (χ3n) is 3.94. The Hall–Kier alpha value is -3.34. The van der Waals surface area contributed by atoms with Crippen LogP contribution in [0.3, 0.4) is 0 Å². The van der Waals surface area contributed by atoms with Crippen LogP contribution in [0.4, 0.5) is 0 Å². The molecule has 0 fully saturated rings. The summed E-state index contributed by atoms with van der Waals surface area (Å²) >= 11 is 7.51. The highest BCUT2D eigenvalue weighted by Crippen LogP contribution is 2.29. The van der Waals surface area contributed by atoms with Gasteiger partial charge < -0.3 is 4.74 Å². The molecule has 0 bridgehead atoms. The summed E-state index contributed by atoms with van der Waals surface area (Å²) < 4.78 is 7.77. The van der Waals surface area contributed by atoms with Gasteiger partial charge in [-0.25, -0.2) is 4.98 Å². The molecule has 0 aliphatic heterocycles. The second-order valence-corrected chi connectivity index (χ2v) is 7.26. The van der Waals surface area contributed by atoms with Crippen molar-refractivity contribution in [3.63, 3.8) is 0 Å². The highest BCUT2D eigenvalue weighted by molar-refractivity contribution is 7.99. The first-order chi connectivity index (χ1) is 14.2. The van der Waals surface area contributed by atoms with Crippen LogP contribution in [0.25, 0.3) is 5.69 Å². The maximum Gasteiger partial charge on any atom is 0.202 e. The highest BCUT2D eigenvalue weighted by Gasteiger charge is 2.17. The van der Waals surface area contributed by atoms with Gasteiger partial charge in [-0.05, 0) is 48.2 Å². The molecule has 0 radical (unpaired) electrons. The Morgan fingerprint density at radius 1 is 0.966 bits per heavy atom. The van der Waals surface area contributed by atoms with Crippen LogP contribution in [0.15, 0.2) is 83.0 Å². The van der Waals surface area contributed by atoms with E-state index in [1.54, 1.807) is 24.3 Å². The monoisotopic (exact) mass is 419 g/mol. The third kappa shape index (κ3) is 4.40. The van der Waals surface area contributed by atoms with Gasteiger partial charge in [-0.3, -0.25) is 4.57 Å². The zero-order valence-electron chi connectivity index (χ0n) is 15.1. The largest absolute Gasteiger partial charge is 0.484 e. The van der Waals surface area contributed by atoms with Crippen LogP contribution in [0, 0.1) is 11.3 Å². The Morgan fingerprint density at radius 2 is 1.76 bits per heavy atom. The van der Waals surface area contributed by atoms with E-state index in [1.807, 2.05) is 59.2 Å². The van der Waals surface area contributed by atoms with Gasteiger partial charge in [0.15, 0.2) is 5.82 Å². The van der Waals surface area contributed by atoms with Crippen molar-refractivity contribution in [1.82, 2.24) is 19.7 Å². The minimum Gasteiger partial charge on any atom is -0.484 e. The molecule has 0 spiro atoms. The molecule has 0 aliphatic rings. The maximum atomic E-state index is 9.08. The number of hydrogen-bond acceptors (Lipinski definition) is 6. The number of ether oxygens (including phenoxy) is 1. The lowest BCUT2D eigenvalue weighted by molar-refractivity contribution is 0.293. The minimum absolute atomic E-state index is 0.192. The summed E-state index contributed by atoms with van der Waals surface area (Å²) in [4.78, 5) is 4.31. The fraction of sp³-hybridized carbons (Fsp3) is 0.0476. The van der Waals surface area contributed by atoms with Crippen LogP contribution < -0.4 is 4.74 Å². The first-order valence-corrected chi connectivity index (χ1v) is 9.86. The molecule has 2 aromatic heterocycles. The van der Waals surface area contributed by atoms with Crippen molar-refractivity contribution in [1.29, 1.82) is 5.26 Å². The van der Waals surface area contributed by atoms with Crippen LogP contribution in [0.1, 0.15) is 11.5 Å². The number of nitriles is 1. The SMILES string of the molecule is N#Cc1cccc(Sc2nnc(COc3ccccc3Cl)n2-c2ccccc2)n1. The summed E-state index contributed by atoms with van der Waals surface area (Å²) in [5, 5.41) is 19.5. The lowest BCUT2D eigenvalue weighted by atomic mass is 10.3. The van der Waals surface area contributed by atoms with E-state index >= 15 is 0 Å². The normalized spacial score (nSPS) is 10.5. The number of rotatable bonds is 6. The topological polar surface area (TPSA) is 76.6 Å². The van der Waals surface area contributed by atoms with E-state index in [4.69, 9.17) is 21.6 Å². The number of pyridine rings is 1. The van der Waals surface area contributed by atoms with Gasteiger partial charge in [-0.15, -0.1) is 10.2 Å². The van der Waals surface area contributed by atoms with Crippen molar-refractivity contribution >= 4 is 23.4 Å². The Morgan fingerprint density at radius 3 is 2.55 bits per heavy atom. The van der Waals surface area contributed by atoms with Gasteiger partial charge in [0.1, 0.15) is 29.1 Å². The van der Waals surface area contributed by atoms with E-state index < -0.39 is 0 Å². The fourth-order valence-corrected chi connectivity index (χ4v) is 3.68. The van der Waals surface area contributed by atoms with Crippen molar-refractivity contribution in [2.75, 3.05) is 0 Å². The molecule has 29 heavy (non-hydrogen) atoms.